The summed E-state index contributed by atoms with van der Waals surface area (Å²) >= 11 is 7.03. The number of nitrogens with zero attached hydrogens (tertiary/aromatic N) is 2. The summed E-state index contributed by atoms with van der Waals surface area (Å²) in [5.41, 5.74) is 6.91. The smallest absolute Gasteiger partial charge is 0.272 e. The second kappa shape index (κ2) is 11.7. The van der Waals surface area contributed by atoms with Crippen molar-refractivity contribution in [3.8, 4) is 17.0 Å². The summed E-state index contributed by atoms with van der Waals surface area (Å²) in [5, 5.41) is 4.91. The van der Waals surface area contributed by atoms with Crippen LogP contribution in [-0.4, -0.2) is 17.1 Å². The van der Waals surface area contributed by atoms with Gasteiger partial charge in [0.25, 0.3) is 5.91 Å². The molecule has 8 heteroatoms. The van der Waals surface area contributed by atoms with Crippen LogP contribution in [0.3, 0.4) is 0 Å². The van der Waals surface area contributed by atoms with Crippen molar-refractivity contribution < 1.29 is 13.9 Å². The Labute approximate surface area is 235 Å². The SMILES string of the molecule is O=C(N/N=C/c1cc(Br)c(OCc2cccc(F)c2)c(Br)c1)c1cc(-c2ccccc2)nc2ccccc12. The third-order valence-electron chi connectivity index (χ3n) is 5.70. The number of aromatic nitrogens is 1. The lowest BCUT2D eigenvalue weighted by atomic mass is 10.0. The molecule has 0 saturated heterocycles. The average Bonchev–Trinajstić information content (AvgIpc) is 2.92. The molecule has 5 nitrogen and oxygen atoms in total. The quantitative estimate of drug-likeness (QED) is 0.146. The molecule has 1 heterocycles. The summed E-state index contributed by atoms with van der Waals surface area (Å²) in [6.07, 6.45) is 1.55. The molecule has 1 N–H and O–H groups in total. The molecule has 1 aromatic heterocycles. The van der Waals surface area contributed by atoms with Crippen molar-refractivity contribution in [3.05, 3.63) is 129 Å². The zero-order chi connectivity index (χ0) is 26.5. The van der Waals surface area contributed by atoms with Gasteiger partial charge >= 0.3 is 0 Å². The van der Waals surface area contributed by atoms with E-state index in [9.17, 15) is 9.18 Å². The molecule has 0 saturated carbocycles. The van der Waals surface area contributed by atoms with Crippen LogP contribution in [0.1, 0.15) is 21.5 Å². The maximum absolute atomic E-state index is 13.4. The number of benzene rings is 4. The number of ether oxygens (including phenoxy) is 1. The van der Waals surface area contributed by atoms with Crippen LogP contribution in [0.5, 0.6) is 5.75 Å². The van der Waals surface area contributed by atoms with E-state index in [0.717, 1.165) is 27.6 Å². The van der Waals surface area contributed by atoms with Gasteiger partial charge in [0.15, 0.2) is 0 Å². The van der Waals surface area contributed by atoms with Crippen molar-refractivity contribution in [1.29, 1.82) is 0 Å². The normalized spacial score (nSPS) is 11.1. The van der Waals surface area contributed by atoms with Crippen LogP contribution in [0.25, 0.3) is 22.2 Å². The van der Waals surface area contributed by atoms with Crippen molar-refractivity contribution in [3.63, 3.8) is 0 Å². The molecule has 0 radical (unpaired) electrons. The van der Waals surface area contributed by atoms with E-state index in [1.54, 1.807) is 24.4 Å². The Morgan fingerprint density at radius 3 is 2.42 bits per heavy atom. The third-order valence-corrected chi connectivity index (χ3v) is 6.88. The number of nitrogens with one attached hydrogen (secondary N) is 1. The van der Waals surface area contributed by atoms with Gasteiger partial charge in [-0.05, 0) is 79.4 Å². The summed E-state index contributed by atoms with van der Waals surface area (Å²) in [5.74, 6) is -0.0776. The molecule has 0 unspecified atom stereocenters. The second-order valence-corrected chi connectivity index (χ2v) is 10.1. The number of amides is 1. The fourth-order valence-electron chi connectivity index (χ4n) is 3.92. The lowest BCUT2D eigenvalue weighted by Gasteiger charge is -2.11. The van der Waals surface area contributed by atoms with E-state index < -0.39 is 0 Å². The van der Waals surface area contributed by atoms with Gasteiger partial charge in [-0.2, -0.15) is 5.10 Å². The number of hydrogen-bond donors (Lipinski definition) is 1. The Morgan fingerprint density at radius 2 is 1.66 bits per heavy atom. The van der Waals surface area contributed by atoms with Crippen LogP contribution >= 0.6 is 31.9 Å². The summed E-state index contributed by atoms with van der Waals surface area (Å²) in [4.78, 5) is 17.9. The summed E-state index contributed by atoms with van der Waals surface area (Å²) < 4.78 is 20.7. The van der Waals surface area contributed by atoms with Gasteiger partial charge in [-0.3, -0.25) is 4.79 Å². The number of rotatable bonds is 7. The molecule has 1 amide bonds. The zero-order valence-electron chi connectivity index (χ0n) is 19.9. The van der Waals surface area contributed by atoms with Gasteiger partial charge in [-0.1, -0.05) is 60.7 Å². The Kier molecular flexibility index (Phi) is 7.91. The van der Waals surface area contributed by atoms with Gasteiger partial charge in [-0.25, -0.2) is 14.8 Å². The second-order valence-electron chi connectivity index (χ2n) is 8.37. The van der Waals surface area contributed by atoms with Crippen molar-refractivity contribution in [2.75, 3.05) is 0 Å². The van der Waals surface area contributed by atoms with Gasteiger partial charge in [-0.15, -0.1) is 0 Å². The largest absolute Gasteiger partial charge is 0.487 e. The number of halogens is 3. The molecule has 188 valence electrons. The fourth-order valence-corrected chi connectivity index (χ4v) is 5.37. The highest BCUT2D eigenvalue weighted by atomic mass is 79.9. The van der Waals surface area contributed by atoms with Crippen molar-refractivity contribution in [1.82, 2.24) is 10.4 Å². The number of pyridine rings is 1. The molecule has 4 aromatic carbocycles. The predicted molar refractivity (Wildman–Crippen MR) is 155 cm³/mol. The van der Waals surface area contributed by atoms with E-state index in [4.69, 9.17) is 9.72 Å². The molecule has 38 heavy (non-hydrogen) atoms. The third kappa shape index (κ3) is 5.98. The Bertz CT molecular complexity index is 1640. The first-order valence-corrected chi connectivity index (χ1v) is 13.2. The zero-order valence-corrected chi connectivity index (χ0v) is 23.0. The van der Waals surface area contributed by atoms with Crippen molar-refractivity contribution in [2.45, 2.75) is 6.61 Å². The van der Waals surface area contributed by atoms with Crippen LogP contribution < -0.4 is 10.2 Å². The number of carbonyl (C=O) groups excluding carboxylic acids is 1. The Balaban J connectivity index is 1.33. The highest BCUT2D eigenvalue weighted by Gasteiger charge is 2.14. The summed E-state index contributed by atoms with van der Waals surface area (Å²) in [6.45, 7) is 0.212. The number of hydrazone groups is 1. The molecule has 0 atom stereocenters. The van der Waals surface area contributed by atoms with Crippen LogP contribution in [0, 0.1) is 5.82 Å². The number of fused-ring (bicyclic) bond motifs is 1. The van der Waals surface area contributed by atoms with E-state index in [1.807, 2.05) is 66.7 Å². The molecule has 0 bridgehead atoms. The number of hydrogen-bond acceptors (Lipinski definition) is 4. The van der Waals surface area contributed by atoms with Gasteiger partial charge < -0.3 is 4.74 Å². The molecule has 0 aliphatic carbocycles. The lowest BCUT2D eigenvalue weighted by Crippen LogP contribution is -2.18. The molecule has 0 fully saturated rings. The minimum absolute atomic E-state index is 0.212. The van der Waals surface area contributed by atoms with E-state index in [1.165, 1.54) is 12.1 Å². The van der Waals surface area contributed by atoms with Gasteiger partial charge in [0.05, 0.1) is 31.9 Å². The lowest BCUT2D eigenvalue weighted by molar-refractivity contribution is 0.0956. The summed E-state index contributed by atoms with van der Waals surface area (Å²) in [7, 11) is 0. The minimum atomic E-state index is -0.342. The van der Waals surface area contributed by atoms with Crippen molar-refractivity contribution >= 4 is 54.9 Å². The highest BCUT2D eigenvalue weighted by Crippen LogP contribution is 2.35. The number of para-hydroxylation sites is 1. The van der Waals surface area contributed by atoms with E-state index >= 15 is 0 Å². The standard InChI is InChI=1S/C30H20Br2FN3O2/c31-25-14-20(15-26(32)29(25)38-18-19-7-6-10-22(33)13-19)17-34-36-30(37)24-16-28(21-8-2-1-3-9-21)35-27-12-5-4-11-23(24)27/h1-17H,18H2,(H,36,37)/b34-17+. The van der Waals surface area contributed by atoms with E-state index in [2.05, 4.69) is 42.4 Å². The number of carbonyl (C=O) groups is 1. The van der Waals surface area contributed by atoms with Gasteiger partial charge in [0.1, 0.15) is 18.2 Å². The Morgan fingerprint density at radius 1 is 0.921 bits per heavy atom. The topological polar surface area (TPSA) is 63.6 Å². The van der Waals surface area contributed by atoms with E-state index in [-0.39, 0.29) is 18.3 Å². The molecule has 0 aliphatic heterocycles. The monoisotopic (exact) mass is 631 g/mol. The highest BCUT2D eigenvalue weighted by molar-refractivity contribution is 9.11. The van der Waals surface area contributed by atoms with E-state index in [0.29, 0.717) is 26.0 Å². The fraction of sp³-hybridized carbons (Fsp3) is 0.0333. The first kappa shape index (κ1) is 25.8. The summed E-state index contributed by atoms with van der Waals surface area (Å²) in [6, 6.07) is 28.9. The molecular formula is C30H20Br2FN3O2. The maximum atomic E-state index is 13.4. The van der Waals surface area contributed by atoms with Crippen LogP contribution in [0.4, 0.5) is 4.39 Å². The minimum Gasteiger partial charge on any atom is -0.487 e. The molecule has 5 aromatic rings. The molecular weight excluding hydrogens is 613 g/mol. The van der Waals surface area contributed by atoms with Crippen LogP contribution in [-0.2, 0) is 6.61 Å². The predicted octanol–water partition coefficient (Wildman–Crippen LogP) is 7.91. The first-order chi connectivity index (χ1) is 18.5. The first-order valence-electron chi connectivity index (χ1n) is 11.6. The van der Waals surface area contributed by atoms with Gasteiger partial charge in [0, 0.05) is 10.9 Å². The molecule has 0 spiro atoms. The van der Waals surface area contributed by atoms with Gasteiger partial charge in [0.2, 0.25) is 0 Å². The molecule has 5 rings (SSSR count). The maximum Gasteiger partial charge on any atom is 0.272 e. The van der Waals surface area contributed by atoms with Crippen molar-refractivity contribution in [2.24, 2.45) is 5.10 Å². The molecule has 0 aliphatic rings. The van der Waals surface area contributed by atoms with Crippen LogP contribution in [0.2, 0.25) is 0 Å². The average molecular weight is 633 g/mol. The Hall–Kier alpha value is -3.88. The van der Waals surface area contributed by atoms with Crippen LogP contribution in [0.15, 0.2) is 111 Å².